The molecule has 0 aromatic heterocycles. The lowest BCUT2D eigenvalue weighted by Gasteiger charge is -2.37. The van der Waals surface area contributed by atoms with Crippen molar-refractivity contribution in [2.45, 2.75) is 60.8 Å². The van der Waals surface area contributed by atoms with E-state index >= 15 is 0 Å². The first-order valence-electron chi connectivity index (χ1n) is 16.6. The maximum atomic E-state index is 2.57. The fourth-order valence-corrected chi connectivity index (χ4v) is 8.76. The molecule has 0 aliphatic heterocycles. The molecule has 0 amide bonds. The van der Waals surface area contributed by atoms with Gasteiger partial charge in [0.05, 0.1) is 5.69 Å². The SMILES string of the molecule is Cc1cc(N(c2cc(C)c(C)c(C)c2)c2c3cccc4c3c3c5c(ccc6cccc(c7cccc2c73)c65)C4(C)C)cc(C)c1C. The van der Waals surface area contributed by atoms with Crippen LogP contribution in [0.3, 0.4) is 0 Å². The lowest BCUT2D eigenvalue weighted by molar-refractivity contribution is 0.652. The van der Waals surface area contributed by atoms with Crippen LogP contribution < -0.4 is 4.90 Å². The molecule has 1 nitrogen and oxygen atoms in total. The summed E-state index contributed by atoms with van der Waals surface area (Å²) in [6.45, 7) is 18.3. The Hall–Kier alpha value is -4.88. The van der Waals surface area contributed by atoms with Gasteiger partial charge in [0.1, 0.15) is 0 Å². The number of nitrogens with zero attached hydrogens (tertiary/aromatic N) is 1. The number of anilines is 3. The third kappa shape index (κ3) is 3.36. The average molecular weight is 594 g/mol. The highest BCUT2D eigenvalue weighted by Gasteiger charge is 2.36. The Labute approximate surface area is 271 Å². The molecule has 1 aliphatic rings. The first kappa shape index (κ1) is 27.4. The van der Waals surface area contributed by atoms with Crippen LogP contribution in [0.1, 0.15) is 58.4 Å². The molecule has 0 fully saturated rings. The fraction of sp³-hybridized carbons (Fsp3) is 0.200. The molecule has 0 N–H and O–H groups in total. The first-order chi connectivity index (χ1) is 22.1. The van der Waals surface area contributed by atoms with Gasteiger partial charge in [-0.2, -0.15) is 0 Å². The summed E-state index contributed by atoms with van der Waals surface area (Å²) in [4.78, 5) is 2.57. The minimum atomic E-state index is -0.140. The highest BCUT2D eigenvalue weighted by Crippen LogP contribution is 2.57. The van der Waals surface area contributed by atoms with Gasteiger partial charge in [-0.05, 0) is 148 Å². The van der Waals surface area contributed by atoms with Gasteiger partial charge in [-0.3, -0.25) is 0 Å². The van der Waals surface area contributed by atoms with E-state index in [0.717, 1.165) is 0 Å². The average Bonchev–Trinajstić information content (AvgIpc) is 3.04. The molecular weight excluding hydrogens is 555 g/mol. The molecule has 1 heteroatoms. The van der Waals surface area contributed by atoms with E-state index in [1.165, 1.54) is 115 Å². The zero-order chi connectivity index (χ0) is 31.8. The minimum absolute atomic E-state index is 0.140. The van der Waals surface area contributed by atoms with E-state index in [1.807, 2.05) is 0 Å². The van der Waals surface area contributed by atoms with E-state index in [0.29, 0.717) is 0 Å². The summed E-state index contributed by atoms with van der Waals surface area (Å²) >= 11 is 0. The van der Waals surface area contributed by atoms with Crippen LogP contribution in [0, 0.1) is 41.5 Å². The molecule has 0 radical (unpaired) electrons. The van der Waals surface area contributed by atoms with Crippen molar-refractivity contribution in [1.29, 1.82) is 0 Å². The Morgan fingerprint density at radius 3 is 1.52 bits per heavy atom. The molecule has 0 spiro atoms. The number of benzene rings is 8. The van der Waals surface area contributed by atoms with Gasteiger partial charge in [-0.1, -0.05) is 80.6 Å². The predicted molar refractivity (Wildman–Crippen MR) is 200 cm³/mol. The van der Waals surface area contributed by atoms with Crippen molar-refractivity contribution < 1.29 is 0 Å². The number of rotatable bonds is 3. The van der Waals surface area contributed by atoms with Crippen molar-refractivity contribution in [2.24, 2.45) is 0 Å². The Balaban J connectivity index is 1.57. The van der Waals surface area contributed by atoms with Gasteiger partial charge in [0.15, 0.2) is 0 Å². The van der Waals surface area contributed by atoms with Crippen LogP contribution in [0.4, 0.5) is 17.1 Å². The Bertz CT molecular complexity index is 2510. The lowest BCUT2D eigenvalue weighted by atomic mass is 9.68. The molecule has 0 unspecified atom stereocenters. The topological polar surface area (TPSA) is 3.24 Å². The van der Waals surface area contributed by atoms with E-state index < -0.39 is 0 Å². The summed E-state index contributed by atoms with van der Waals surface area (Å²) in [7, 11) is 0. The molecule has 8 aromatic carbocycles. The molecular formula is C45H39N. The minimum Gasteiger partial charge on any atom is -0.309 e. The van der Waals surface area contributed by atoms with E-state index in [1.54, 1.807) is 0 Å². The molecule has 0 saturated carbocycles. The second kappa shape index (κ2) is 9.10. The van der Waals surface area contributed by atoms with E-state index in [2.05, 4.69) is 151 Å². The van der Waals surface area contributed by atoms with Gasteiger partial charge < -0.3 is 4.90 Å². The second-order valence-corrected chi connectivity index (χ2v) is 14.4. The molecule has 0 bridgehead atoms. The van der Waals surface area contributed by atoms with Crippen molar-refractivity contribution in [2.75, 3.05) is 4.90 Å². The quantitative estimate of drug-likeness (QED) is 0.145. The van der Waals surface area contributed by atoms with Crippen molar-refractivity contribution in [1.82, 2.24) is 0 Å². The molecule has 46 heavy (non-hydrogen) atoms. The number of fused-ring (bicyclic) bond motifs is 1. The van der Waals surface area contributed by atoms with Gasteiger partial charge in [0.25, 0.3) is 0 Å². The van der Waals surface area contributed by atoms with Crippen molar-refractivity contribution in [3.8, 4) is 0 Å². The Morgan fingerprint density at radius 2 is 0.913 bits per heavy atom. The zero-order valence-electron chi connectivity index (χ0n) is 28.1. The smallest absolute Gasteiger partial charge is 0.0619 e. The van der Waals surface area contributed by atoms with Gasteiger partial charge in [-0.15, -0.1) is 0 Å². The van der Waals surface area contributed by atoms with Crippen molar-refractivity contribution in [3.63, 3.8) is 0 Å². The largest absolute Gasteiger partial charge is 0.309 e. The van der Waals surface area contributed by atoms with Crippen LogP contribution in [-0.2, 0) is 5.41 Å². The standard InChI is InChI=1S/C45H39N/c1-24-20-31(21-25(2)28(24)5)46(32-22-26(3)29(6)27(4)23-32)44-35-15-10-14-34-33-13-9-12-30-18-19-38-42(39(30)33)43(40(34)35)41-36(44)16-11-17-37(41)45(38,7)8/h9-23H,1-8H3. The summed E-state index contributed by atoms with van der Waals surface area (Å²) < 4.78 is 0. The molecule has 1 aliphatic carbocycles. The lowest BCUT2D eigenvalue weighted by Crippen LogP contribution is -2.23. The maximum Gasteiger partial charge on any atom is 0.0619 e. The van der Waals surface area contributed by atoms with Crippen LogP contribution in [0.2, 0.25) is 0 Å². The highest BCUT2D eigenvalue weighted by atomic mass is 15.1. The Kier molecular flexibility index (Phi) is 5.43. The van der Waals surface area contributed by atoms with Crippen LogP contribution >= 0.6 is 0 Å². The fourth-order valence-electron chi connectivity index (χ4n) is 8.76. The summed E-state index contributed by atoms with van der Waals surface area (Å²) in [5.41, 5.74) is 14.4. The highest BCUT2D eigenvalue weighted by molar-refractivity contribution is 6.42. The monoisotopic (exact) mass is 593 g/mol. The summed E-state index contributed by atoms with van der Waals surface area (Å²) in [6.07, 6.45) is 0. The van der Waals surface area contributed by atoms with E-state index in [4.69, 9.17) is 0 Å². The first-order valence-corrected chi connectivity index (χ1v) is 16.6. The normalized spacial score (nSPS) is 13.8. The molecule has 0 heterocycles. The number of aryl methyl sites for hydroxylation is 4. The maximum absolute atomic E-state index is 2.57. The summed E-state index contributed by atoms with van der Waals surface area (Å²) in [5.74, 6) is 0. The molecule has 0 atom stereocenters. The van der Waals surface area contributed by atoms with E-state index in [-0.39, 0.29) is 5.41 Å². The van der Waals surface area contributed by atoms with Crippen molar-refractivity contribution >= 4 is 70.9 Å². The third-order valence-electron chi connectivity index (χ3n) is 11.6. The van der Waals surface area contributed by atoms with Crippen molar-refractivity contribution in [3.05, 3.63) is 136 Å². The third-order valence-corrected chi connectivity index (χ3v) is 11.6. The van der Waals surface area contributed by atoms with Gasteiger partial charge in [0, 0.05) is 32.9 Å². The summed E-state index contributed by atoms with van der Waals surface area (Å²) in [5, 5.41) is 13.7. The van der Waals surface area contributed by atoms with Gasteiger partial charge >= 0.3 is 0 Å². The number of hydrogen-bond donors (Lipinski definition) is 0. The van der Waals surface area contributed by atoms with E-state index in [9.17, 15) is 0 Å². The van der Waals surface area contributed by atoms with Gasteiger partial charge in [-0.25, -0.2) is 0 Å². The van der Waals surface area contributed by atoms with Gasteiger partial charge in [0.2, 0.25) is 0 Å². The van der Waals surface area contributed by atoms with Crippen LogP contribution in [0.15, 0.2) is 91.0 Å². The predicted octanol–water partition coefficient (Wildman–Crippen LogP) is 12.9. The summed E-state index contributed by atoms with van der Waals surface area (Å²) in [6, 6.07) is 35.2. The molecule has 8 aromatic rings. The molecule has 9 rings (SSSR count). The Morgan fingerprint density at radius 1 is 0.435 bits per heavy atom. The van der Waals surface area contributed by atoms with Crippen LogP contribution in [0.25, 0.3) is 53.9 Å². The molecule has 0 saturated heterocycles. The molecule has 224 valence electrons. The number of hydrogen-bond acceptors (Lipinski definition) is 1. The zero-order valence-corrected chi connectivity index (χ0v) is 28.1. The van der Waals surface area contributed by atoms with Crippen LogP contribution in [-0.4, -0.2) is 0 Å². The van der Waals surface area contributed by atoms with Crippen LogP contribution in [0.5, 0.6) is 0 Å². The second-order valence-electron chi connectivity index (χ2n) is 14.4.